The van der Waals surface area contributed by atoms with E-state index in [-0.39, 0.29) is 16.3 Å². The van der Waals surface area contributed by atoms with E-state index in [4.69, 9.17) is 39.5 Å². The van der Waals surface area contributed by atoms with Crippen molar-refractivity contribution in [3.63, 3.8) is 0 Å². The monoisotopic (exact) mass is 318 g/mol. The Morgan fingerprint density at radius 2 is 1.79 bits per heavy atom. The first-order chi connectivity index (χ1) is 8.97. The maximum atomic E-state index is 6.01. The Morgan fingerprint density at radius 1 is 1.05 bits per heavy atom. The average molecular weight is 320 g/mol. The molecule has 19 heavy (non-hydrogen) atoms. The molecule has 8 heteroatoms. The van der Waals surface area contributed by atoms with Crippen molar-refractivity contribution in [3.05, 3.63) is 33.5 Å². The van der Waals surface area contributed by atoms with Crippen LogP contribution in [0.1, 0.15) is 0 Å². The fraction of sp³-hybridized carbons (Fsp3) is 0.182. The number of nitrogens with zero attached hydrogens (tertiary/aromatic N) is 4. The van der Waals surface area contributed by atoms with Crippen LogP contribution < -0.4 is 9.64 Å². The second kappa shape index (κ2) is 5.77. The highest BCUT2D eigenvalue weighted by molar-refractivity contribution is 6.42. The SMILES string of the molecule is CN(C)c1nc(Cl)nc(Oc2cccc(Cl)c2Cl)n1. The lowest BCUT2D eigenvalue weighted by atomic mass is 10.3. The Bertz CT molecular complexity index is 606. The van der Waals surface area contributed by atoms with Crippen LogP contribution in [-0.2, 0) is 0 Å². The summed E-state index contributed by atoms with van der Waals surface area (Å²) in [5, 5.41) is 0.700. The average Bonchev–Trinajstić information content (AvgIpc) is 2.34. The fourth-order valence-electron chi connectivity index (χ4n) is 1.23. The molecule has 0 N–H and O–H groups in total. The number of anilines is 1. The lowest BCUT2D eigenvalue weighted by molar-refractivity contribution is 0.440. The number of aromatic nitrogens is 3. The van der Waals surface area contributed by atoms with Gasteiger partial charge >= 0.3 is 6.01 Å². The summed E-state index contributed by atoms with van der Waals surface area (Å²) in [6.07, 6.45) is 0. The number of ether oxygens (including phenoxy) is 1. The van der Waals surface area contributed by atoms with Gasteiger partial charge in [0.1, 0.15) is 5.02 Å². The van der Waals surface area contributed by atoms with Crippen LogP contribution in [0, 0.1) is 0 Å². The zero-order valence-electron chi connectivity index (χ0n) is 10.1. The van der Waals surface area contributed by atoms with Crippen molar-refractivity contribution in [2.45, 2.75) is 0 Å². The summed E-state index contributed by atoms with van der Waals surface area (Å²) < 4.78 is 5.47. The molecular formula is C11H9Cl3N4O. The van der Waals surface area contributed by atoms with Crippen LogP contribution in [0.25, 0.3) is 0 Å². The molecule has 0 aliphatic heterocycles. The van der Waals surface area contributed by atoms with E-state index < -0.39 is 0 Å². The van der Waals surface area contributed by atoms with E-state index in [1.165, 1.54) is 0 Å². The second-order valence-electron chi connectivity index (χ2n) is 3.74. The first kappa shape index (κ1) is 14.1. The Balaban J connectivity index is 2.35. The quantitative estimate of drug-likeness (QED) is 0.863. The van der Waals surface area contributed by atoms with Gasteiger partial charge in [-0.3, -0.25) is 0 Å². The number of hydrogen-bond acceptors (Lipinski definition) is 5. The van der Waals surface area contributed by atoms with Crippen molar-refractivity contribution < 1.29 is 4.74 Å². The van der Waals surface area contributed by atoms with Crippen LogP contribution in [0.3, 0.4) is 0 Å². The van der Waals surface area contributed by atoms with Crippen molar-refractivity contribution in [1.29, 1.82) is 0 Å². The summed E-state index contributed by atoms with van der Waals surface area (Å²) in [5.41, 5.74) is 0. The zero-order chi connectivity index (χ0) is 14.0. The smallest absolute Gasteiger partial charge is 0.328 e. The summed E-state index contributed by atoms with van der Waals surface area (Å²) in [6, 6.07) is 5.07. The highest BCUT2D eigenvalue weighted by Gasteiger charge is 2.11. The molecule has 100 valence electrons. The predicted octanol–water partition coefficient (Wildman–Crippen LogP) is 3.69. The lowest BCUT2D eigenvalue weighted by Gasteiger charge is -2.11. The third-order valence-electron chi connectivity index (χ3n) is 2.09. The molecule has 0 radical (unpaired) electrons. The van der Waals surface area contributed by atoms with Gasteiger partial charge in [0.05, 0.1) is 5.02 Å². The van der Waals surface area contributed by atoms with Gasteiger partial charge in [-0.2, -0.15) is 15.0 Å². The van der Waals surface area contributed by atoms with Crippen molar-refractivity contribution in [1.82, 2.24) is 15.0 Å². The maximum Gasteiger partial charge on any atom is 0.328 e. The van der Waals surface area contributed by atoms with Crippen molar-refractivity contribution in [2.75, 3.05) is 19.0 Å². The van der Waals surface area contributed by atoms with Gasteiger partial charge in [0.2, 0.25) is 11.2 Å². The molecule has 0 bridgehead atoms. The lowest BCUT2D eigenvalue weighted by Crippen LogP contribution is -2.13. The minimum Gasteiger partial charge on any atom is -0.422 e. The maximum absolute atomic E-state index is 6.01. The van der Waals surface area contributed by atoms with E-state index >= 15 is 0 Å². The van der Waals surface area contributed by atoms with E-state index in [1.54, 1.807) is 37.2 Å². The van der Waals surface area contributed by atoms with Gasteiger partial charge in [0.25, 0.3) is 0 Å². The van der Waals surface area contributed by atoms with Crippen molar-refractivity contribution in [3.8, 4) is 11.8 Å². The van der Waals surface area contributed by atoms with E-state index in [2.05, 4.69) is 15.0 Å². The predicted molar refractivity (Wildman–Crippen MR) is 75.7 cm³/mol. The molecule has 2 rings (SSSR count). The molecule has 1 aromatic heterocycles. The van der Waals surface area contributed by atoms with Crippen molar-refractivity contribution >= 4 is 40.8 Å². The molecule has 0 aliphatic rings. The Morgan fingerprint density at radius 3 is 2.47 bits per heavy atom. The number of halogens is 3. The Labute approximate surface area is 125 Å². The summed E-state index contributed by atoms with van der Waals surface area (Å²) >= 11 is 17.7. The first-order valence-electron chi connectivity index (χ1n) is 5.18. The third kappa shape index (κ3) is 3.37. The Hall–Kier alpha value is -1.30. The summed E-state index contributed by atoms with van der Waals surface area (Å²) in [5.74, 6) is 0.731. The van der Waals surface area contributed by atoms with Crippen LogP contribution in [0.5, 0.6) is 11.8 Å². The first-order valence-corrected chi connectivity index (χ1v) is 6.31. The van der Waals surface area contributed by atoms with Crippen LogP contribution in [0.4, 0.5) is 5.95 Å². The number of hydrogen-bond donors (Lipinski definition) is 0. The summed E-state index contributed by atoms with van der Waals surface area (Å²) in [6.45, 7) is 0. The molecule has 0 saturated carbocycles. The standard InChI is InChI=1S/C11H9Cl3N4O/c1-18(2)10-15-9(14)16-11(17-10)19-7-5-3-4-6(12)8(7)13/h3-5H,1-2H3. The molecular weight excluding hydrogens is 311 g/mol. The van der Waals surface area contributed by atoms with Crippen LogP contribution in [0.15, 0.2) is 18.2 Å². The number of benzene rings is 1. The van der Waals surface area contributed by atoms with Gasteiger partial charge in [-0.1, -0.05) is 29.3 Å². The van der Waals surface area contributed by atoms with E-state index in [0.717, 1.165) is 0 Å². The molecule has 0 saturated heterocycles. The second-order valence-corrected chi connectivity index (χ2v) is 4.86. The van der Waals surface area contributed by atoms with Gasteiger partial charge in [0.15, 0.2) is 5.75 Å². The molecule has 2 aromatic rings. The molecule has 0 fully saturated rings. The van der Waals surface area contributed by atoms with Gasteiger partial charge in [-0.15, -0.1) is 0 Å². The third-order valence-corrected chi connectivity index (χ3v) is 3.06. The van der Waals surface area contributed by atoms with Gasteiger partial charge in [-0.05, 0) is 23.7 Å². The minimum atomic E-state index is 0.0341. The van der Waals surface area contributed by atoms with E-state index in [1.807, 2.05) is 0 Å². The minimum absolute atomic E-state index is 0.0341. The zero-order valence-corrected chi connectivity index (χ0v) is 12.3. The van der Waals surface area contributed by atoms with Crippen LogP contribution in [-0.4, -0.2) is 29.0 Å². The fourth-order valence-corrected chi connectivity index (χ4v) is 1.71. The molecule has 0 spiro atoms. The summed E-state index contributed by atoms with van der Waals surface area (Å²) in [7, 11) is 3.56. The highest BCUT2D eigenvalue weighted by atomic mass is 35.5. The summed E-state index contributed by atoms with van der Waals surface area (Å²) in [4.78, 5) is 13.6. The van der Waals surface area contributed by atoms with Crippen LogP contribution in [0.2, 0.25) is 15.3 Å². The number of rotatable bonds is 3. The topological polar surface area (TPSA) is 51.1 Å². The van der Waals surface area contributed by atoms with E-state index in [0.29, 0.717) is 16.7 Å². The van der Waals surface area contributed by atoms with Gasteiger partial charge in [0, 0.05) is 14.1 Å². The molecule has 1 aromatic carbocycles. The van der Waals surface area contributed by atoms with Crippen molar-refractivity contribution in [2.24, 2.45) is 0 Å². The largest absolute Gasteiger partial charge is 0.422 e. The van der Waals surface area contributed by atoms with E-state index in [9.17, 15) is 0 Å². The van der Waals surface area contributed by atoms with Gasteiger partial charge < -0.3 is 9.64 Å². The van der Waals surface area contributed by atoms with Gasteiger partial charge in [-0.25, -0.2) is 0 Å². The molecule has 0 atom stereocenters. The van der Waals surface area contributed by atoms with Crippen LogP contribution >= 0.6 is 34.8 Å². The highest BCUT2D eigenvalue weighted by Crippen LogP contribution is 2.33. The molecule has 0 amide bonds. The Kier molecular flexibility index (Phi) is 4.29. The molecule has 5 nitrogen and oxygen atoms in total. The molecule has 1 heterocycles. The normalized spacial score (nSPS) is 10.4. The molecule has 0 unspecified atom stereocenters. The molecule has 0 aliphatic carbocycles.